The molecule has 1 unspecified atom stereocenters. The molecule has 7 heteroatoms. The van der Waals surface area contributed by atoms with Gasteiger partial charge in [-0.2, -0.15) is 0 Å². The molecule has 112 valence electrons. The molecule has 0 aromatic heterocycles. The first-order valence-electron chi connectivity index (χ1n) is 6.03. The van der Waals surface area contributed by atoms with Gasteiger partial charge in [-0.25, -0.2) is 8.78 Å². The van der Waals surface area contributed by atoms with Crippen LogP contribution in [0.4, 0.5) is 8.78 Å². The zero-order valence-corrected chi connectivity index (χ0v) is 11.9. The number of amides is 1. The summed E-state index contributed by atoms with van der Waals surface area (Å²) < 4.78 is 31.0. The highest BCUT2D eigenvalue weighted by molar-refractivity contribution is 8.00. The number of carbonyl (C=O) groups is 1. The van der Waals surface area contributed by atoms with E-state index < -0.39 is 11.6 Å². The molecule has 0 saturated carbocycles. The number of rotatable bonds is 8. The Morgan fingerprint density at radius 1 is 1.50 bits per heavy atom. The summed E-state index contributed by atoms with van der Waals surface area (Å²) in [6.45, 7) is 0.232. The molecule has 1 aromatic rings. The number of carbonyl (C=O) groups excluding carboxylic acids is 1. The van der Waals surface area contributed by atoms with E-state index in [1.54, 1.807) is 0 Å². The van der Waals surface area contributed by atoms with Crippen LogP contribution in [0.5, 0.6) is 0 Å². The van der Waals surface area contributed by atoms with Crippen LogP contribution in [0, 0.1) is 11.6 Å². The van der Waals surface area contributed by atoms with Gasteiger partial charge in [-0.3, -0.25) is 4.79 Å². The van der Waals surface area contributed by atoms with Crippen molar-refractivity contribution in [1.29, 1.82) is 0 Å². The van der Waals surface area contributed by atoms with Gasteiger partial charge in [0.1, 0.15) is 11.6 Å². The molecule has 0 saturated heterocycles. The van der Waals surface area contributed by atoms with Crippen LogP contribution in [-0.4, -0.2) is 43.1 Å². The third-order valence-corrected chi connectivity index (χ3v) is 3.51. The maximum Gasteiger partial charge on any atom is 0.230 e. The number of ether oxygens (including phenoxy) is 1. The molecule has 0 bridgehead atoms. The van der Waals surface area contributed by atoms with Crippen LogP contribution in [0.1, 0.15) is 6.42 Å². The molecule has 1 aromatic carbocycles. The van der Waals surface area contributed by atoms with Crippen LogP contribution in [0.15, 0.2) is 23.1 Å². The van der Waals surface area contributed by atoms with E-state index in [-0.39, 0.29) is 29.2 Å². The predicted molar refractivity (Wildman–Crippen MR) is 72.6 cm³/mol. The Morgan fingerprint density at radius 2 is 2.25 bits per heavy atom. The van der Waals surface area contributed by atoms with E-state index >= 15 is 0 Å². The Hall–Kier alpha value is -1.18. The van der Waals surface area contributed by atoms with Crippen LogP contribution in [0.25, 0.3) is 0 Å². The molecule has 0 aliphatic carbocycles. The summed E-state index contributed by atoms with van der Waals surface area (Å²) in [5.41, 5.74) is 0. The first-order chi connectivity index (χ1) is 9.56. The molecule has 0 aliphatic heterocycles. The molecule has 1 rings (SSSR count). The van der Waals surface area contributed by atoms with Gasteiger partial charge in [-0.15, -0.1) is 11.8 Å². The smallest absolute Gasteiger partial charge is 0.230 e. The molecule has 1 atom stereocenters. The second-order valence-electron chi connectivity index (χ2n) is 4.10. The minimum Gasteiger partial charge on any atom is -0.396 e. The molecule has 0 spiro atoms. The number of nitrogens with one attached hydrogen (secondary N) is 1. The molecule has 1 amide bonds. The lowest BCUT2D eigenvalue weighted by Crippen LogP contribution is -2.39. The topological polar surface area (TPSA) is 58.6 Å². The van der Waals surface area contributed by atoms with Gasteiger partial charge in [0.2, 0.25) is 5.91 Å². The SMILES string of the molecule is COCC(CCO)NC(=O)CSc1ccc(F)cc1F. The normalized spacial score (nSPS) is 12.2. The summed E-state index contributed by atoms with van der Waals surface area (Å²) in [6, 6.07) is 2.93. The van der Waals surface area contributed by atoms with Gasteiger partial charge < -0.3 is 15.2 Å². The van der Waals surface area contributed by atoms with Gasteiger partial charge in [0, 0.05) is 24.7 Å². The first-order valence-corrected chi connectivity index (χ1v) is 7.02. The van der Waals surface area contributed by atoms with Crippen molar-refractivity contribution in [3.8, 4) is 0 Å². The van der Waals surface area contributed by atoms with Crippen molar-refractivity contribution in [2.45, 2.75) is 17.4 Å². The van der Waals surface area contributed by atoms with Crippen LogP contribution in [-0.2, 0) is 9.53 Å². The Bertz CT molecular complexity index is 440. The predicted octanol–water partition coefficient (Wildman–Crippen LogP) is 1.57. The zero-order valence-electron chi connectivity index (χ0n) is 11.1. The molecule has 0 fully saturated rings. The van der Waals surface area contributed by atoms with Crippen molar-refractivity contribution in [3.63, 3.8) is 0 Å². The number of benzene rings is 1. The molecule has 0 radical (unpaired) electrons. The lowest BCUT2D eigenvalue weighted by molar-refractivity contribution is -0.119. The molecular weight excluding hydrogens is 288 g/mol. The molecular formula is C13H17F2NO3S. The van der Waals surface area contributed by atoms with Crippen LogP contribution in [0.3, 0.4) is 0 Å². The van der Waals surface area contributed by atoms with E-state index in [9.17, 15) is 13.6 Å². The number of aliphatic hydroxyl groups excluding tert-OH is 1. The Kier molecular flexibility index (Phi) is 7.50. The fourth-order valence-electron chi connectivity index (χ4n) is 1.56. The lowest BCUT2D eigenvalue weighted by Gasteiger charge is -2.16. The number of thioether (sulfide) groups is 1. The van der Waals surface area contributed by atoms with Crippen LogP contribution >= 0.6 is 11.8 Å². The first kappa shape index (κ1) is 16.9. The molecule has 20 heavy (non-hydrogen) atoms. The van der Waals surface area contributed by atoms with E-state index in [1.165, 1.54) is 13.2 Å². The average Bonchev–Trinajstić information content (AvgIpc) is 2.38. The van der Waals surface area contributed by atoms with Crippen molar-refractivity contribution in [2.75, 3.05) is 26.1 Å². The summed E-state index contributed by atoms with van der Waals surface area (Å²) in [6.07, 6.45) is 0.384. The highest BCUT2D eigenvalue weighted by Crippen LogP contribution is 2.22. The second kappa shape index (κ2) is 8.89. The lowest BCUT2D eigenvalue weighted by atomic mass is 10.2. The maximum atomic E-state index is 13.4. The van der Waals surface area contributed by atoms with E-state index in [1.807, 2.05) is 0 Å². The van der Waals surface area contributed by atoms with Crippen molar-refractivity contribution < 1.29 is 23.4 Å². The van der Waals surface area contributed by atoms with Gasteiger partial charge in [-0.05, 0) is 18.6 Å². The largest absolute Gasteiger partial charge is 0.396 e. The number of halogens is 2. The Labute approximate surface area is 120 Å². The summed E-state index contributed by atoms with van der Waals surface area (Å²) >= 11 is 0.985. The second-order valence-corrected chi connectivity index (χ2v) is 5.11. The summed E-state index contributed by atoms with van der Waals surface area (Å²) in [7, 11) is 1.50. The Balaban J connectivity index is 2.45. The number of aliphatic hydroxyl groups is 1. The number of hydrogen-bond acceptors (Lipinski definition) is 4. The average molecular weight is 305 g/mol. The van der Waals surface area contributed by atoms with Crippen LogP contribution in [0.2, 0.25) is 0 Å². The molecule has 0 aliphatic rings. The van der Waals surface area contributed by atoms with Gasteiger partial charge in [0.05, 0.1) is 18.4 Å². The van der Waals surface area contributed by atoms with E-state index in [0.717, 1.165) is 23.9 Å². The summed E-state index contributed by atoms with van der Waals surface area (Å²) in [5.74, 6) is -1.63. The van der Waals surface area contributed by atoms with Gasteiger partial charge in [0.25, 0.3) is 0 Å². The summed E-state index contributed by atoms with van der Waals surface area (Å²) in [5, 5.41) is 11.5. The highest BCUT2D eigenvalue weighted by atomic mass is 32.2. The monoisotopic (exact) mass is 305 g/mol. The Morgan fingerprint density at radius 3 is 2.85 bits per heavy atom. The van der Waals surface area contributed by atoms with Gasteiger partial charge >= 0.3 is 0 Å². The third-order valence-electron chi connectivity index (χ3n) is 2.46. The number of methoxy groups -OCH3 is 1. The van der Waals surface area contributed by atoms with Gasteiger partial charge in [0.15, 0.2) is 0 Å². The standard InChI is InChI=1S/C13H17F2NO3S/c1-19-7-10(4-5-17)16-13(18)8-20-12-3-2-9(14)6-11(12)15/h2-3,6,10,17H,4-5,7-8H2,1H3,(H,16,18). The van der Waals surface area contributed by atoms with E-state index in [4.69, 9.17) is 9.84 Å². The minimum atomic E-state index is -0.688. The summed E-state index contributed by atoms with van der Waals surface area (Å²) in [4.78, 5) is 11.9. The van der Waals surface area contributed by atoms with Crippen molar-refractivity contribution >= 4 is 17.7 Å². The fraction of sp³-hybridized carbons (Fsp3) is 0.462. The number of hydrogen-bond donors (Lipinski definition) is 2. The van der Waals surface area contributed by atoms with E-state index in [0.29, 0.717) is 13.0 Å². The molecule has 2 N–H and O–H groups in total. The molecule has 0 heterocycles. The molecule has 4 nitrogen and oxygen atoms in total. The minimum absolute atomic E-state index is 0.00813. The van der Waals surface area contributed by atoms with Gasteiger partial charge in [-0.1, -0.05) is 0 Å². The van der Waals surface area contributed by atoms with Crippen molar-refractivity contribution in [1.82, 2.24) is 5.32 Å². The van der Waals surface area contributed by atoms with Crippen LogP contribution < -0.4 is 5.32 Å². The third kappa shape index (κ3) is 5.85. The van der Waals surface area contributed by atoms with Crippen molar-refractivity contribution in [2.24, 2.45) is 0 Å². The maximum absolute atomic E-state index is 13.4. The van der Waals surface area contributed by atoms with E-state index in [2.05, 4.69) is 5.32 Å². The van der Waals surface area contributed by atoms with Crippen molar-refractivity contribution in [3.05, 3.63) is 29.8 Å². The quantitative estimate of drug-likeness (QED) is 0.716. The fourth-order valence-corrected chi connectivity index (χ4v) is 2.29. The highest BCUT2D eigenvalue weighted by Gasteiger charge is 2.13. The zero-order chi connectivity index (χ0) is 15.0.